The third kappa shape index (κ3) is 2.18. The van der Waals surface area contributed by atoms with E-state index in [0.717, 1.165) is 0 Å². The van der Waals surface area contributed by atoms with Crippen LogP contribution < -0.4 is 5.73 Å². The Bertz CT molecular complexity index is 28.5. The maximum absolute atomic E-state index is 8.50. The molecule has 0 saturated carbocycles. The molecule has 0 aromatic heterocycles. The van der Waals surface area contributed by atoms with Crippen molar-refractivity contribution in [3.8, 4) is 0 Å². The molecule has 38 valence electrons. The Morgan fingerprint density at radius 2 is 1.67 bits per heavy atom. The lowest BCUT2D eigenvalue weighted by Crippen LogP contribution is -2.28. The Hall–Kier alpha value is -0.0800. The van der Waals surface area contributed by atoms with Gasteiger partial charge < -0.3 is 10.8 Å². The van der Waals surface area contributed by atoms with Gasteiger partial charge in [-0.15, -0.1) is 0 Å². The van der Waals surface area contributed by atoms with Gasteiger partial charge in [0.05, 0.1) is 6.10 Å². The average molecular weight is 89.1 g/mol. The fraction of sp³-hybridized carbons (Fsp3) is 1.00. The molecule has 2 atom stereocenters. The Morgan fingerprint density at radius 3 is 1.67 bits per heavy atom. The molecular formula is C4H11NO. The van der Waals surface area contributed by atoms with Crippen LogP contribution in [0.15, 0.2) is 0 Å². The summed E-state index contributed by atoms with van der Waals surface area (Å²) in [5.41, 5.74) is 5.19. The molecule has 0 aliphatic carbocycles. The molecule has 0 aromatic rings. The van der Waals surface area contributed by atoms with Gasteiger partial charge in [-0.2, -0.15) is 0 Å². The van der Waals surface area contributed by atoms with Crippen LogP contribution in [0.3, 0.4) is 0 Å². The van der Waals surface area contributed by atoms with Gasteiger partial charge in [0.15, 0.2) is 0 Å². The van der Waals surface area contributed by atoms with Gasteiger partial charge in [-0.25, -0.2) is 0 Å². The number of rotatable bonds is 1. The highest BCUT2D eigenvalue weighted by Crippen LogP contribution is 1.81. The third-order valence-electron chi connectivity index (χ3n) is 0.761. The highest BCUT2D eigenvalue weighted by atomic mass is 16.3. The van der Waals surface area contributed by atoms with Crippen LogP contribution in [0.5, 0.6) is 0 Å². The maximum Gasteiger partial charge on any atom is 0.0660 e. The van der Waals surface area contributed by atoms with E-state index >= 15 is 0 Å². The molecule has 1 unspecified atom stereocenters. The average Bonchev–Trinajstić information content (AvgIpc) is 1.36. The van der Waals surface area contributed by atoms with Crippen LogP contribution in [-0.4, -0.2) is 17.3 Å². The van der Waals surface area contributed by atoms with Crippen molar-refractivity contribution < 1.29 is 5.11 Å². The minimum atomic E-state index is -0.370. The topological polar surface area (TPSA) is 46.2 Å². The SMILES string of the molecule is CC(N)[C@@H](C)O. The monoisotopic (exact) mass is 89.1 g/mol. The van der Waals surface area contributed by atoms with E-state index in [2.05, 4.69) is 0 Å². The van der Waals surface area contributed by atoms with Gasteiger partial charge in [0.25, 0.3) is 0 Å². The zero-order valence-corrected chi connectivity index (χ0v) is 4.18. The molecule has 0 rings (SSSR count). The largest absolute Gasteiger partial charge is 0.392 e. The molecule has 0 bridgehead atoms. The Balaban J connectivity index is 2.99. The first kappa shape index (κ1) is 5.92. The van der Waals surface area contributed by atoms with Crippen LogP contribution in [0, 0.1) is 0 Å². The van der Waals surface area contributed by atoms with E-state index in [-0.39, 0.29) is 12.1 Å². The van der Waals surface area contributed by atoms with Crippen molar-refractivity contribution in [2.24, 2.45) is 5.73 Å². The standard InChI is InChI=1S/C4H11NO/c1-3(5)4(2)6/h3-4,6H,5H2,1-2H3/t3?,4-/m1/s1. The summed E-state index contributed by atoms with van der Waals surface area (Å²) in [6.45, 7) is 3.44. The fourth-order valence-corrected chi connectivity index (χ4v) is 0. The lowest BCUT2D eigenvalue weighted by molar-refractivity contribution is 0.170. The first-order chi connectivity index (χ1) is 2.64. The van der Waals surface area contributed by atoms with Crippen molar-refractivity contribution in [1.82, 2.24) is 0 Å². The normalized spacial score (nSPS) is 20.0. The van der Waals surface area contributed by atoms with Crippen molar-refractivity contribution >= 4 is 0 Å². The maximum atomic E-state index is 8.50. The van der Waals surface area contributed by atoms with E-state index in [0.29, 0.717) is 0 Å². The Morgan fingerprint density at radius 1 is 1.50 bits per heavy atom. The van der Waals surface area contributed by atoms with E-state index in [4.69, 9.17) is 10.8 Å². The molecule has 0 aliphatic heterocycles. The fourth-order valence-electron chi connectivity index (χ4n) is 0. The predicted molar refractivity (Wildman–Crippen MR) is 25.3 cm³/mol. The molecular weight excluding hydrogens is 78.0 g/mol. The Labute approximate surface area is 38.0 Å². The summed E-state index contributed by atoms with van der Waals surface area (Å²) in [6, 6.07) is -0.0926. The Kier molecular flexibility index (Phi) is 2.13. The van der Waals surface area contributed by atoms with Crippen LogP contribution in [-0.2, 0) is 0 Å². The molecule has 0 saturated heterocycles. The van der Waals surface area contributed by atoms with Crippen LogP contribution in [0.25, 0.3) is 0 Å². The second kappa shape index (κ2) is 2.16. The first-order valence-corrected chi connectivity index (χ1v) is 2.08. The van der Waals surface area contributed by atoms with Crippen molar-refractivity contribution in [2.45, 2.75) is 26.0 Å². The summed E-state index contributed by atoms with van der Waals surface area (Å²) >= 11 is 0. The zero-order chi connectivity index (χ0) is 5.15. The highest BCUT2D eigenvalue weighted by molar-refractivity contribution is 4.57. The van der Waals surface area contributed by atoms with Crippen LogP contribution >= 0.6 is 0 Å². The lowest BCUT2D eigenvalue weighted by atomic mass is 10.2. The summed E-state index contributed by atoms with van der Waals surface area (Å²) in [6.07, 6.45) is -0.370. The van der Waals surface area contributed by atoms with E-state index < -0.39 is 0 Å². The van der Waals surface area contributed by atoms with Crippen LogP contribution in [0.1, 0.15) is 13.8 Å². The number of hydrogen-bond donors (Lipinski definition) is 2. The lowest BCUT2D eigenvalue weighted by Gasteiger charge is -2.04. The minimum absolute atomic E-state index is 0.0926. The molecule has 0 amide bonds. The predicted octanol–water partition coefficient (Wildman–Crippen LogP) is -0.286. The van der Waals surface area contributed by atoms with Crippen molar-refractivity contribution in [3.63, 3.8) is 0 Å². The van der Waals surface area contributed by atoms with Crippen molar-refractivity contribution in [2.75, 3.05) is 0 Å². The van der Waals surface area contributed by atoms with Gasteiger partial charge in [-0.3, -0.25) is 0 Å². The second-order valence-electron chi connectivity index (χ2n) is 1.60. The molecule has 0 heterocycles. The molecule has 0 radical (unpaired) electrons. The van der Waals surface area contributed by atoms with E-state index in [9.17, 15) is 0 Å². The van der Waals surface area contributed by atoms with Gasteiger partial charge in [0, 0.05) is 6.04 Å². The van der Waals surface area contributed by atoms with Gasteiger partial charge >= 0.3 is 0 Å². The number of hydrogen-bond acceptors (Lipinski definition) is 2. The second-order valence-corrected chi connectivity index (χ2v) is 1.60. The van der Waals surface area contributed by atoms with Crippen LogP contribution in [0.4, 0.5) is 0 Å². The van der Waals surface area contributed by atoms with Gasteiger partial charge in [-0.05, 0) is 13.8 Å². The van der Waals surface area contributed by atoms with E-state index in [1.54, 1.807) is 13.8 Å². The van der Waals surface area contributed by atoms with E-state index in [1.165, 1.54) is 0 Å². The van der Waals surface area contributed by atoms with Crippen molar-refractivity contribution in [1.29, 1.82) is 0 Å². The molecule has 6 heavy (non-hydrogen) atoms. The van der Waals surface area contributed by atoms with Gasteiger partial charge in [0.1, 0.15) is 0 Å². The quantitative estimate of drug-likeness (QED) is 0.464. The minimum Gasteiger partial charge on any atom is -0.392 e. The molecule has 0 spiro atoms. The van der Waals surface area contributed by atoms with E-state index in [1.807, 2.05) is 0 Å². The van der Waals surface area contributed by atoms with Crippen LogP contribution in [0.2, 0.25) is 0 Å². The smallest absolute Gasteiger partial charge is 0.0660 e. The summed E-state index contributed by atoms with van der Waals surface area (Å²) in [4.78, 5) is 0. The number of aliphatic hydroxyl groups is 1. The van der Waals surface area contributed by atoms with Crippen molar-refractivity contribution in [3.05, 3.63) is 0 Å². The molecule has 2 heteroatoms. The molecule has 0 aromatic carbocycles. The molecule has 0 fully saturated rings. The molecule has 3 N–H and O–H groups in total. The number of nitrogens with two attached hydrogens (primary N) is 1. The first-order valence-electron chi connectivity index (χ1n) is 2.08. The summed E-state index contributed by atoms with van der Waals surface area (Å²) in [5, 5.41) is 8.50. The summed E-state index contributed by atoms with van der Waals surface area (Å²) < 4.78 is 0. The number of aliphatic hydroxyl groups excluding tert-OH is 1. The molecule has 2 nitrogen and oxygen atoms in total. The van der Waals surface area contributed by atoms with Gasteiger partial charge in [0.2, 0.25) is 0 Å². The zero-order valence-electron chi connectivity index (χ0n) is 4.18. The summed E-state index contributed by atoms with van der Waals surface area (Å²) in [5.74, 6) is 0. The summed E-state index contributed by atoms with van der Waals surface area (Å²) in [7, 11) is 0. The molecule has 0 aliphatic rings. The highest BCUT2D eigenvalue weighted by Gasteiger charge is 1.97. The third-order valence-corrected chi connectivity index (χ3v) is 0.761. The van der Waals surface area contributed by atoms with Gasteiger partial charge in [-0.1, -0.05) is 0 Å².